The zero-order valence-corrected chi connectivity index (χ0v) is 11.2. The maximum Gasteiger partial charge on any atom is 0.223 e. The lowest BCUT2D eigenvalue weighted by molar-refractivity contribution is -0.123. The summed E-state index contributed by atoms with van der Waals surface area (Å²) in [6.45, 7) is 1.81. The molecule has 3 rings (SSSR count). The van der Waals surface area contributed by atoms with E-state index in [0.29, 0.717) is 6.42 Å². The van der Waals surface area contributed by atoms with Gasteiger partial charge in [-0.1, -0.05) is 6.07 Å². The smallest absolute Gasteiger partial charge is 0.223 e. The van der Waals surface area contributed by atoms with Gasteiger partial charge in [0.15, 0.2) is 0 Å². The lowest BCUT2D eigenvalue weighted by atomic mass is 10.1. The second kappa shape index (κ2) is 5.48. The molecule has 1 aliphatic carbocycles. The average Bonchev–Trinajstić information content (AvgIpc) is 3.20. The maximum absolute atomic E-state index is 13.7. The highest BCUT2D eigenvalue weighted by atomic mass is 19.1. The summed E-state index contributed by atoms with van der Waals surface area (Å²) in [5.41, 5.74) is 0.0676. The van der Waals surface area contributed by atoms with Gasteiger partial charge in [0, 0.05) is 23.4 Å². The van der Waals surface area contributed by atoms with E-state index in [-0.39, 0.29) is 29.3 Å². The van der Waals surface area contributed by atoms with Gasteiger partial charge in [0.25, 0.3) is 0 Å². The topological polar surface area (TPSA) is 41.1 Å². The molecule has 1 aromatic rings. The summed E-state index contributed by atoms with van der Waals surface area (Å²) in [6, 6.07) is 4.04. The van der Waals surface area contributed by atoms with Gasteiger partial charge in [-0.3, -0.25) is 4.79 Å². The van der Waals surface area contributed by atoms with Gasteiger partial charge in [-0.05, 0) is 44.5 Å². The monoisotopic (exact) mass is 280 g/mol. The Kier molecular flexibility index (Phi) is 3.70. The van der Waals surface area contributed by atoms with Gasteiger partial charge in [-0.15, -0.1) is 0 Å². The second-order valence-electron chi connectivity index (χ2n) is 5.62. The van der Waals surface area contributed by atoms with E-state index in [4.69, 9.17) is 0 Å². The van der Waals surface area contributed by atoms with Crippen LogP contribution in [-0.4, -0.2) is 25.0 Å². The van der Waals surface area contributed by atoms with E-state index in [2.05, 4.69) is 10.6 Å². The highest BCUT2D eigenvalue weighted by Crippen LogP contribution is 2.49. The number of hydrogen-bond acceptors (Lipinski definition) is 2. The standard InChI is InChI=1S/C15H18F2N2O/c16-12-2-1-3-13(17)14(12)10-8-11(10)15(20)19-9-4-6-18-7-5-9/h1-3,9-11,18H,4-8H2,(H,19,20). The summed E-state index contributed by atoms with van der Waals surface area (Å²) in [6.07, 6.45) is 2.36. The molecular weight excluding hydrogens is 262 g/mol. The Labute approximate surface area is 116 Å². The molecule has 1 saturated carbocycles. The molecule has 3 nitrogen and oxygen atoms in total. The first-order chi connectivity index (χ1) is 9.66. The van der Waals surface area contributed by atoms with Crippen molar-refractivity contribution in [1.82, 2.24) is 10.6 Å². The normalized spacial score (nSPS) is 26.3. The third-order valence-electron chi connectivity index (χ3n) is 4.18. The van der Waals surface area contributed by atoms with Crippen LogP contribution in [0.5, 0.6) is 0 Å². The molecule has 2 atom stereocenters. The predicted molar refractivity (Wildman–Crippen MR) is 71.2 cm³/mol. The average molecular weight is 280 g/mol. The highest BCUT2D eigenvalue weighted by Gasteiger charge is 2.46. The molecule has 1 saturated heterocycles. The third kappa shape index (κ3) is 2.68. The molecule has 1 aliphatic heterocycles. The van der Waals surface area contributed by atoms with Gasteiger partial charge in [0.1, 0.15) is 11.6 Å². The van der Waals surface area contributed by atoms with Crippen molar-refractivity contribution in [1.29, 1.82) is 0 Å². The van der Waals surface area contributed by atoms with E-state index in [1.807, 2.05) is 0 Å². The number of nitrogens with one attached hydrogen (secondary N) is 2. The fourth-order valence-electron chi connectivity index (χ4n) is 2.94. The van der Waals surface area contributed by atoms with Crippen molar-refractivity contribution in [3.8, 4) is 0 Å². The van der Waals surface area contributed by atoms with Crippen LogP contribution >= 0.6 is 0 Å². The summed E-state index contributed by atoms with van der Waals surface area (Å²) in [7, 11) is 0. The molecule has 20 heavy (non-hydrogen) atoms. The summed E-state index contributed by atoms with van der Waals surface area (Å²) in [5, 5.41) is 6.23. The minimum Gasteiger partial charge on any atom is -0.353 e. The van der Waals surface area contributed by atoms with E-state index < -0.39 is 11.6 Å². The zero-order chi connectivity index (χ0) is 14.1. The Morgan fingerprint density at radius 1 is 1.20 bits per heavy atom. The van der Waals surface area contributed by atoms with E-state index in [1.165, 1.54) is 18.2 Å². The fourth-order valence-corrected chi connectivity index (χ4v) is 2.94. The van der Waals surface area contributed by atoms with Crippen LogP contribution in [0.1, 0.15) is 30.7 Å². The number of carbonyl (C=O) groups is 1. The number of benzene rings is 1. The summed E-state index contributed by atoms with van der Waals surface area (Å²) >= 11 is 0. The molecule has 2 aliphatic rings. The summed E-state index contributed by atoms with van der Waals surface area (Å²) < 4.78 is 27.3. The minimum absolute atomic E-state index is 0.0652. The molecule has 2 fully saturated rings. The lowest BCUT2D eigenvalue weighted by Gasteiger charge is -2.23. The number of carbonyl (C=O) groups excluding carboxylic acids is 1. The first kappa shape index (κ1) is 13.5. The van der Waals surface area contributed by atoms with E-state index in [0.717, 1.165) is 25.9 Å². The van der Waals surface area contributed by atoms with Crippen molar-refractivity contribution in [2.24, 2.45) is 5.92 Å². The Hall–Kier alpha value is -1.49. The van der Waals surface area contributed by atoms with Crippen molar-refractivity contribution >= 4 is 5.91 Å². The van der Waals surface area contributed by atoms with Crippen molar-refractivity contribution in [3.05, 3.63) is 35.4 Å². The summed E-state index contributed by atoms with van der Waals surface area (Å²) in [4.78, 5) is 12.1. The van der Waals surface area contributed by atoms with E-state index in [1.54, 1.807) is 0 Å². The first-order valence-electron chi connectivity index (χ1n) is 7.12. The number of piperidine rings is 1. The SMILES string of the molecule is O=C(NC1CCNCC1)C1CC1c1c(F)cccc1F. The van der Waals surface area contributed by atoms with Crippen molar-refractivity contribution < 1.29 is 13.6 Å². The van der Waals surface area contributed by atoms with Crippen LogP contribution in [0.2, 0.25) is 0 Å². The van der Waals surface area contributed by atoms with Crippen LogP contribution in [-0.2, 0) is 4.79 Å². The second-order valence-corrected chi connectivity index (χ2v) is 5.62. The molecule has 1 amide bonds. The van der Waals surface area contributed by atoms with Crippen LogP contribution < -0.4 is 10.6 Å². The molecule has 2 unspecified atom stereocenters. The zero-order valence-electron chi connectivity index (χ0n) is 11.2. The largest absolute Gasteiger partial charge is 0.353 e. The Morgan fingerprint density at radius 2 is 1.85 bits per heavy atom. The lowest BCUT2D eigenvalue weighted by Crippen LogP contribution is -2.43. The molecule has 5 heteroatoms. The Balaban J connectivity index is 1.62. The minimum atomic E-state index is -0.549. The van der Waals surface area contributed by atoms with Crippen LogP contribution in [0.3, 0.4) is 0 Å². The van der Waals surface area contributed by atoms with Gasteiger partial charge < -0.3 is 10.6 Å². The van der Waals surface area contributed by atoms with Gasteiger partial charge in [0.05, 0.1) is 0 Å². The van der Waals surface area contributed by atoms with Gasteiger partial charge >= 0.3 is 0 Å². The molecule has 2 N–H and O–H groups in total. The highest BCUT2D eigenvalue weighted by molar-refractivity contribution is 5.83. The fraction of sp³-hybridized carbons (Fsp3) is 0.533. The summed E-state index contributed by atoms with van der Waals surface area (Å²) in [5.74, 6) is -1.75. The number of halogens is 2. The number of amides is 1. The molecule has 0 radical (unpaired) electrons. The molecule has 1 heterocycles. The van der Waals surface area contributed by atoms with E-state index >= 15 is 0 Å². The Morgan fingerprint density at radius 3 is 2.50 bits per heavy atom. The van der Waals surface area contributed by atoms with Crippen molar-refractivity contribution in [2.75, 3.05) is 13.1 Å². The predicted octanol–water partition coefficient (Wildman–Crippen LogP) is 1.94. The van der Waals surface area contributed by atoms with Gasteiger partial charge in [-0.25, -0.2) is 8.78 Å². The van der Waals surface area contributed by atoms with E-state index in [9.17, 15) is 13.6 Å². The maximum atomic E-state index is 13.7. The van der Waals surface area contributed by atoms with Crippen LogP contribution in [0.15, 0.2) is 18.2 Å². The van der Waals surface area contributed by atoms with Crippen LogP contribution in [0.4, 0.5) is 8.78 Å². The molecule has 0 spiro atoms. The molecule has 108 valence electrons. The van der Waals surface area contributed by atoms with Crippen LogP contribution in [0.25, 0.3) is 0 Å². The Bertz CT molecular complexity index is 494. The molecule has 0 aromatic heterocycles. The number of rotatable bonds is 3. The molecule has 1 aromatic carbocycles. The molecular formula is C15H18F2N2O. The van der Waals surface area contributed by atoms with Gasteiger partial charge in [0.2, 0.25) is 5.91 Å². The van der Waals surface area contributed by atoms with Crippen molar-refractivity contribution in [3.63, 3.8) is 0 Å². The number of hydrogen-bond donors (Lipinski definition) is 2. The quantitative estimate of drug-likeness (QED) is 0.888. The first-order valence-corrected chi connectivity index (χ1v) is 7.12. The van der Waals surface area contributed by atoms with Gasteiger partial charge in [-0.2, -0.15) is 0 Å². The third-order valence-corrected chi connectivity index (χ3v) is 4.18. The molecule has 0 bridgehead atoms. The van der Waals surface area contributed by atoms with Crippen LogP contribution in [0, 0.1) is 17.6 Å². The van der Waals surface area contributed by atoms with Crippen molar-refractivity contribution in [2.45, 2.75) is 31.2 Å².